The summed E-state index contributed by atoms with van der Waals surface area (Å²) in [5.41, 5.74) is 6.64. The lowest BCUT2D eigenvalue weighted by molar-refractivity contribution is 0.315. The van der Waals surface area contributed by atoms with Crippen molar-refractivity contribution in [3.8, 4) is 0 Å². The van der Waals surface area contributed by atoms with E-state index in [-0.39, 0.29) is 11.9 Å². The van der Waals surface area contributed by atoms with E-state index in [1.54, 1.807) is 0 Å². The number of nitrogens with one attached hydrogen (secondary N) is 1. The van der Waals surface area contributed by atoms with Crippen LogP contribution in [0.3, 0.4) is 0 Å². The van der Waals surface area contributed by atoms with Gasteiger partial charge >= 0.3 is 0 Å². The fourth-order valence-corrected chi connectivity index (χ4v) is 1.64. The van der Waals surface area contributed by atoms with Crippen LogP contribution in [0.4, 0.5) is 0 Å². The van der Waals surface area contributed by atoms with Crippen LogP contribution in [-0.2, 0) is 6.54 Å². The summed E-state index contributed by atoms with van der Waals surface area (Å²) >= 11 is 5.81. The molecule has 0 radical (unpaired) electrons. The average molecular weight is 256 g/mol. The smallest absolute Gasteiger partial charge is 0.140 e. The minimum atomic E-state index is 0.210. The molecule has 1 aromatic rings. The molecule has 1 rings (SSSR count). The van der Waals surface area contributed by atoms with Gasteiger partial charge in [-0.05, 0) is 24.1 Å². The van der Waals surface area contributed by atoms with Crippen molar-refractivity contribution in [1.29, 1.82) is 0 Å². The first-order valence-corrected chi connectivity index (χ1v) is 5.97. The van der Waals surface area contributed by atoms with Gasteiger partial charge in [-0.25, -0.2) is 0 Å². The fourth-order valence-electron chi connectivity index (χ4n) is 1.52. The molecule has 1 atom stereocenters. The Morgan fingerprint density at radius 2 is 2.12 bits per heavy atom. The Labute approximate surface area is 106 Å². The first-order valence-electron chi connectivity index (χ1n) is 5.60. The maximum Gasteiger partial charge on any atom is 0.140 e. The van der Waals surface area contributed by atoms with E-state index in [1.165, 1.54) is 0 Å². The van der Waals surface area contributed by atoms with Crippen LogP contribution < -0.4 is 11.1 Å². The van der Waals surface area contributed by atoms with Gasteiger partial charge in [0.1, 0.15) is 5.84 Å². The second-order valence-corrected chi connectivity index (χ2v) is 4.34. The molecule has 0 saturated carbocycles. The maximum absolute atomic E-state index is 8.52. The Morgan fingerprint density at radius 1 is 1.47 bits per heavy atom. The van der Waals surface area contributed by atoms with Crippen molar-refractivity contribution in [2.45, 2.75) is 32.4 Å². The summed E-state index contributed by atoms with van der Waals surface area (Å²) in [7, 11) is 0. The molecule has 0 spiro atoms. The number of benzene rings is 1. The molecular formula is C12H18ClN3O. The molecule has 1 aromatic carbocycles. The zero-order valence-electron chi connectivity index (χ0n) is 9.86. The van der Waals surface area contributed by atoms with Crippen LogP contribution in [0.15, 0.2) is 29.4 Å². The third-order valence-electron chi connectivity index (χ3n) is 2.58. The van der Waals surface area contributed by atoms with Gasteiger partial charge in [0.25, 0.3) is 0 Å². The number of halogens is 1. The quantitative estimate of drug-likeness (QED) is 0.316. The summed E-state index contributed by atoms with van der Waals surface area (Å²) in [5, 5.41) is 15.6. The second kappa shape index (κ2) is 7.14. The standard InChI is InChI=1S/C12H18ClN3O/c1-2-11(7-12(14)16-17)15-8-9-3-5-10(13)6-4-9/h3-6,11,15,17H,2,7-8H2,1H3,(H2,14,16). The van der Waals surface area contributed by atoms with Gasteiger partial charge in [-0.1, -0.05) is 35.8 Å². The normalized spacial score (nSPS) is 13.6. The van der Waals surface area contributed by atoms with Crippen LogP contribution in [0, 0.1) is 0 Å². The molecule has 94 valence electrons. The van der Waals surface area contributed by atoms with Gasteiger partial charge < -0.3 is 16.3 Å². The highest BCUT2D eigenvalue weighted by atomic mass is 35.5. The van der Waals surface area contributed by atoms with Crippen molar-refractivity contribution < 1.29 is 5.21 Å². The van der Waals surface area contributed by atoms with E-state index in [2.05, 4.69) is 17.4 Å². The molecule has 0 aliphatic heterocycles. The zero-order chi connectivity index (χ0) is 12.7. The Balaban J connectivity index is 2.44. The number of amidine groups is 1. The highest BCUT2D eigenvalue weighted by Crippen LogP contribution is 2.10. The minimum Gasteiger partial charge on any atom is -0.409 e. The zero-order valence-corrected chi connectivity index (χ0v) is 10.6. The predicted octanol–water partition coefficient (Wildman–Crippen LogP) is 2.34. The van der Waals surface area contributed by atoms with Crippen molar-refractivity contribution in [2.75, 3.05) is 0 Å². The Bertz CT molecular complexity index is 365. The van der Waals surface area contributed by atoms with Gasteiger partial charge in [0, 0.05) is 24.0 Å². The van der Waals surface area contributed by atoms with Crippen molar-refractivity contribution in [3.63, 3.8) is 0 Å². The van der Waals surface area contributed by atoms with Crippen LogP contribution in [-0.4, -0.2) is 17.1 Å². The summed E-state index contributed by atoms with van der Waals surface area (Å²) in [4.78, 5) is 0. The number of oxime groups is 1. The average Bonchev–Trinajstić information content (AvgIpc) is 2.36. The molecule has 4 nitrogen and oxygen atoms in total. The molecule has 0 amide bonds. The van der Waals surface area contributed by atoms with Crippen LogP contribution in [0.1, 0.15) is 25.3 Å². The van der Waals surface area contributed by atoms with Crippen molar-refractivity contribution in [1.82, 2.24) is 5.32 Å². The summed E-state index contributed by atoms with van der Waals surface area (Å²) in [6, 6.07) is 7.89. The topological polar surface area (TPSA) is 70.6 Å². The Hall–Kier alpha value is -1.26. The molecule has 0 bridgehead atoms. The maximum atomic E-state index is 8.52. The van der Waals surface area contributed by atoms with Crippen LogP contribution in [0.2, 0.25) is 5.02 Å². The third-order valence-corrected chi connectivity index (χ3v) is 2.84. The summed E-state index contributed by atoms with van der Waals surface area (Å²) in [5.74, 6) is 0.250. The molecule has 17 heavy (non-hydrogen) atoms. The van der Waals surface area contributed by atoms with E-state index in [0.717, 1.165) is 23.6 Å². The highest BCUT2D eigenvalue weighted by Gasteiger charge is 2.08. The molecule has 0 aliphatic rings. The number of nitrogens with zero attached hydrogens (tertiary/aromatic N) is 1. The van der Waals surface area contributed by atoms with E-state index in [9.17, 15) is 0 Å². The number of nitrogens with two attached hydrogens (primary N) is 1. The largest absolute Gasteiger partial charge is 0.409 e. The molecule has 0 aromatic heterocycles. The lowest BCUT2D eigenvalue weighted by atomic mass is 10.1. The van der Waals surface area contributed by atoms with Crippen LogP contribution in [0.5, 0.6) is 0 Å². The van der Waals surface area contributed by atoms with Gasteiger partial charge in [-0.2, -0.15) is 0 Å². The number of rotatable bonds is 6. The predicted molar refractivity (Wildman–Crippen MR) is 70.4 cm³/mol. The van der Waals surface area contributed by atoms with E-state index in [0.29, 0.717) is 6.42 Å². The van der Waals surface area contributed by atoms with Crippen LogP contribution in [0.25, 0.3) is 0 Å². The number of hydrogen-bond donors (Lipinski definition) is 3. The molecule has 5 heteroatoms. The second-order valence-electron chi connectivity index (χ2n) is 3.91. The van der Waals surface area contributed by atoms with Gasteiger partial charge in [-0.15, -0.1) is 0 Å². The van der Waals surface area contributed by atoms with Gasteiger partial charge in [0.05, 0.1) is 0 Å². The third kappa shape index (κ3) is 5.06. The molecule has 4 N–H and O–H groups in total. The molecule has 0 heterocycles. The summed E-state index contributed by atoms with van der Waals surface area (Å²) in [6.45, 7) is 2.80. The molecule has 0 aliphatic carbocycles. The van der Waals surface area contributed by atoms with Crippen molar-refractivity contribution in [2.24, 2.45) is 10.9 Å². The summed E-state index contributed by atoms with van der Waals surface area (Å²) in [6.07, 6.45) is 1.46. The van der Waals surface area contributed by atoms with Crippen LogP contribution >= 0.6 is 11.6 Å². The Morgan fingerprint density at radius 3 is 2.65 bits per heavy atom. The lowest BCUT2D eigenvalue weighted by Gasteiger charge is -2.16. The summed E-state index contributed by atoms with van der Waals surface area (Å²) < 4.78 is 0. The highest BCUT2D eigenvalue weighted by molar-refractivity contribution is 6.30. The van der Waals surface area contributed by atoms with Gasteiger partial charge in [0.2, 0.25) is 0 Å². The van der Waals surface area contributed by atoms with Gasteiger partial charge in [-0.3, -0.25) is 0 Å². The molecule has 1 unspecified atom stereocenters. The number of hydrogen-bond acceptors (Lipinski definition) is 3. The lowest BCUT2D eigenvalue weighted by Crippen LogP contribution is -2.32. The first kappa shape index (κ1) is 13.8. The minimum absolute atomic E-state index is 0.210. The van der Waals surface area contributed by atoms with E-state index in [1.807, 2.05) is 24.3 Å². The van der Waals surface area contributed by atoms with Crippen molar-refractivity contribution in [3.05, 3.63) is 34.9 Å². The van der Waals surface area contributed by atoms with Crippen molar-refractivity contribution >= 4 is 17.4 Å². The monoisotopic (exact) mass is 255 g/mol. The van der Waals surface area contributed by atoms with E-state index < -0.39 is 0 Å². The molecule has 0 fully saturated rings. The van der Waals surface area contributed by atoms with E-state index in [4.69, 9.17) is 22.5 Å². The fraction of sp³-hybridized carbons (Fsp3) is 0.417. The van der Waals surface area contributed by atoms with Gasteiger partial charge in [0.15, 0.2) is 0 Å². The first-order chi connectivity index (χ1) is 8.15. The molecular weight excluding hydrogens is 238 g/mol. The SMILES string of the molecule is CCC(CC(N)=NO)NCc1ccc(Cl)cc1. The molecule has 0 saturated heterocycles. The Kier molecular flexibility index (Phi) is 5.80. The van der Waals surface area contributed by atoms with E-state index >= 15 is 0 Å².